The second-order valence-electron chi connectivity index (χ2n) is 7.53. The maximum Gasteiger partial charge on any atom is 0.105 e. The second kappa shape index (κ2) is 6.44. The van der Waals surface area contributed by atoms with Gasteiger partial charge in [-0.15, -0.1) is 0 Å². The van der Waals surface area contributed by atoms with Gasteiger partial charge in [-0.1, -0.05) is 12.1 Å². The number of hydrogen-bond acceptors (Lipinski definition) is 4. The molecule has 29 heavy (non-hydrogen) atoms. The summed E-state index contributed by atoms with van der Waals surface area (Å²) >= 11 is 0. The smallest absolute Gasteiger partial charge is 0.105 e. The van der Waals surface area contributed by atoms with Crippen LogP contribution in [0.4, 0.5) is 5.69 Å². The van der Waals surface area contributed by atoms with Crippen LogP contribution in [-0.2, 0) is 20.5 Å². The topological polar surface area (TPSA) is 74.6 Å². The Morgan fingerprint density at radius 2 is 1.86 bits per heavy atom. The fourth-order valence-electron chi connectivity index (χ4n) is 3.82. The van der Waals surface area contributed by atoms with E-state index in [1.54, 1.807) is 0 Å². The van der Waals surface area contributed by atoms with Gasteiger partial charge in [0.15, 0.2) is 0 Å². The molecule has 0 saturated heterocycles. The van der Waals surface area contributed by atoms with E-state index in [-0.39, 0.29) is 0 Å². The largest absolute Gasteiger partial charge is 0.399 e. The van der Waals surface area contributed by atoms with E-state index in [2.05, 4.69) is 51.6 Å². The monoisotopic (exact) mass is 382 g/mol. The quantitative estimate of drug-likeness (QED) is 0.479. The van der Waals surface area contributed by atoms with Gasteiger partial charge in [0.2, 0.25) is 0 Å². The lowest BCUT2D eigenvalue weighted by Gasteiger charge is -2.10. The van der Waals surface area contributed by atoms with Gasteiger partial charge in [-0.25, -0.2) is 9.97 Å². The van der Waals surface area contributed by atoms with Crippen LogP contribution in [-0.4, -0.2) is 24.1 Å². The number of imidazole rings is 1. The molecule has 6 nitrogen and oxygen atoms in total. The number of anilines is 1. The van der Waals surface area contributed by atoms with Gasteiger partial charge in [0.05, 0.1) is 16.7 Å². The summed E-state index contributed by atoms with van der Waals surface area (Å²) in [6, 6.07) is 12.4. The Balaban J connectivity index is 1.62. The van der Waals surface area contributed by atoms with E-state index in [4.69, 9.17) is 15.7 Å². The zero-order valence-electron chi connectivity index (χ0n) is 16.7. The van der Waals surface area contributed by atoms with Crippen molar-refractivity contribution in [3.63, 3.8) is 0 Å². The van der Waals surface area contributed by atoms with Crippen molar-refractivity contribution < 1.29 is 0 Å². The van der Waals surface area contributed by atoms with Crippen LogP contribution in [0.15, 0.2) is 55.0 Å². The molecule has 0 bridgehead atoms. The molecule has 0 aliphatic rings. The maximum atomic E-state index is 6.23. The number of nitrogens with zero attached hydrogens (tertiary/aromatic N) is 5. The average Bonchev–Trinajstić information content (AvgIpc) is 3.24. The minimum Gasteiger partial charge on any atom is -0.399 e. The van der Waals surface area contributed by atoms with Crippen LogP contribution in [0.1, 0.15) is 17.2 Å². The molecule has 5 rings (SSSR count). The number of benzene rings is 2. The molecule has 0 atom stereocenters. The van der Waals surface area contributed by atoms with E-state index in [1.807, 2.05) is 38.5 Å². The first-order valence-corrected chi connectivity index (χ1v) is 9.57. The molecule has 0 saturated carbocycles. The van der Waals surface area contributed by atoms with E-state index < -0.39 is 0 Å². The van der Waals surface area contributed by atoms with Crippen LogP contribution in [0.2, 0.25) is 0 Å². The van der Waals surface area contributed by atoms with Gasteiger partial charge in [0.25, 0.3) is 0 Å². The summed E-state index contributed by atoms with van der Waals surface area (Å²) in [5.74, 6) is 0.983. The van der Waals surface area contributed by atoms with Crippen LogP contribution in [0.3, 0.4) is 0 Å². The first-order chi connectivity index (χ1) is 14.0. The molecular weight excluding hydrogens is 360 g/mol. The molecule has 0 radical (unpaired) electrons. The lowest BCUT2D eigenvalue weighted by Crippen LogP contribution is -2.02. The third-order valence-corrected chi connectivity index (χ3v) is 5.60. The molecule has 5 aromatic rings. The number of aryl methyl sites for hydroxylation is 2. The second-order valence-corrected chi connectivity index (χ2v) is 7.53. The van der Waals surface area contributed by atoms with Crippen molar-refractivity contribution >= 4 is 27.6 Å². The average molecular weight is 382 g/mol. The van der Waals surface area contributed by atoms with E-state index in [0.29, 0.717) is 12.1 Å². The van der Waals surface area contributed by atoms with Crippen LogP contribution in [0.25, 0.3) is 33.1 Å². The SMILES string of the molecule is Cc1ncc(Cc2cnc3c(-c4ccc5ccn(C)c5c4)cc(N)cc3n2)n1C. The Labute approximate surface area is 168 Å². The highest BCUT2D eigenvalue weighted by Gasteiger charge is 2.12. The molecule has 0 spiro atoms. The summed E-state index contributed by atoms with van der Waals surface area (Å²) in [4.78, 5) is 14.0. The van der Waals surface area contributed by atoms with Crippen LogP contribution in [0.5, 0.6) is 0 Å². The van der Waals surface area contributed by atoms with Crippen molar-refractivity contribution in [2.45, 2.75) is 13.3 Å². The number of fused-ring (bicyclic) bond motifs is 2. The molecule has 3 aromatic heterocycles. The summed E-state index contributed by atoms with van der Waals surface area (Å²) in [7, 11) is 4.07. The van der Waals surface area contributed by atoms with E-state index >= 15 is 0 Å². The van der Waals surface area contributed by atoms with Gasteiger partial charge < -0.3 is 14.9 Å². The molecule has 6 heteroatoms. The van der Waals surface area contributed by atoms with Gasteiger partial charge in [-0.2, -0.15) is 0 Å². The third kappa shape index (κ3) is 2.93. The third-order valence-electron chi connectivity index (χ3n) is 5.60. The Bertz CT molecular complexity index is 1380. The number of rotatable bonds is 3. The highest BCUT2D eigenvalue weighted by atomic mass is 15.1. The predicted octanol–water partition coefficient (Wildman–Crippen LogP) is 4.00. The van der Waals surface area contributed by atoms with Crippen molar-refractivity contribution in [3.8, 4) is 11.1 Å². The predicted molar refractivity (Wildman–Crippen MR) is 117 cm³/mol. The molecule has 0 unspecified atom stereocenters. The number of hydrogen-bond donors (Lipinski definition) is 1. The zero-order valence-corrected chi connectivity index (χ0v) is 16.7. The van der Waals surface area contributed by atoms with Crippen molar-refractivity contribution in [2.24, 2.45) is 14.1 Å². The molecule has 2 aromatic carbocycles. The zero-order chi connectivity index (χ0) is 20.1. The van der Waals surface area contributed by atoms with Crippen molar-refractivity contribution in [2.75, 3.05) is 5.73 Å². The molecule has 2 N–H and O–H groups in total. The Kier molecular flexibility index (Phi) is 3.87. The first-order valence-electron chi connectivity index (χ1n) is 9.57. The molecule has 0 aliphatic heterocycles. The Morgan fingerprint density at radius 1 is 1.00 bits per heavy atom. The van der Waals surface area contributed by atoms with Gasteiger partial charge in [0.1, 0.15) is 5.82 Å². The Morgan fingerprint density at radius 3 is 2.66 bits per heavy atom. The maximum absolute atomic E-state index is 6.23. The molecule has 0 aliphatic carbocycles. The highest BCUT2D eigenvalue weighted by Crippen LogP contribution is 2.31. The number of aromatic nitrogens is 5. The normalized spacial score (nSPS) is 11.6. The van der Waals surface area contributed by atoms with Crippen LogP contribution >= 0.6 is 0 Å². The van der Waals surface area contributed by atoms with E-state index in [0.717, 1.165) is 39.4 Å². The fraction of sp³-hybridized carbons (Fsp3) is 0.174. The molecule has 3 heterocycles. The molecular formula is C23H22N6. The van der Waals surface area contributed by atoms with Crippen molar-refractivity contribution in [1.82, 2.24) is 24.1 Å². The minimum absolute atomic E-state index is 0.680. The summed E-state index contributed by atoms with van der Waals surface area (Å²) in [5.41, 5.74) is 13.8. The summed E-state index contributed by atoms with van der Waals surface area (Å²) in [6.07, 6.45) is 6.49. The molecule has 0 fully saturated rings. The van der Waals surface area contributed by atoms with E-state index in [1.165, 1.54) is 10.9 Å². The van der Waals surface area contributed by atoms with Gasteiger partial charge in [0, 0.05) is 61.6 Å². The molecule has 144 valence electrons. The van der Waals surface area contributed by atoms with Gasteiger partial charge in [-0.3, -0.25) is 4.98 Å². The van der Waals surface area contributed by atoms with Gasteiger partial charge in [-0.05, 0) is 42.1 Å². The van der Waals surface area contributed by atoms with Crippen molar-refractivity contribution in [3.05, 3.63) is 72.2 Å². The highest BCUT2D eigenvalue weighted by molar-refractivity contribution is 5.96. The van der Waals surface area contributed by atoms with Crippen LogP contribution in [0, 0.1) is 6.92 Å². The lowest BCUT2D eigenvalue weighted by molar-refractivity contribution is 0.800. The fourth-order valence-corrected chi connectivity index (χ4v) is 3.82. The summed E-state index contributed by atoms with van der Waals surface area (Å²) in [6.45, 7) is 1.99. The summed E-state index contributed by atoms with van der Waals surface area (Å²) < 4.78 is 4.19. The first kappa shape index (κ1) is 17.4. The molecule has 0 amide bonds. The number of nitrogen functional groups attached to an aromatic ring is 1. The Hall–Kier alpha value is -3.67. The number of nitrogens with two attached hydrogens (primary N) is 1. The standard InChI is InChI=1S/C23H22N6/c1-14-25-13-19(29(14)3)11-18-12-26-23-20(9-17(24)10-21(23)27-18)16-5-4-15-6-7-28(2)22(15)8-16/h4-10,12-13H,11,24H2,1-3H3. The minimum atomic E-state index is 0.680. The van der Waals surface area contributed by atoms with Crippen molar-refractivity contribution in [1.29, 1.82) is 0 Å². The van der Waals surface area contributed by atoms with E-state index in [9.17, 15) is 0 Å². The van der Waals surface area contributed by atoms with Crippen LogP contribution < -0.4 is 5.73 Å². The van der Waals surface area contributed by atoms with Gasteiger partial charge >= 0.3 is 0 Å². The summed E-state index contributed by atoms with van der Waals surface area (Å²) in [5, 5.41) is 1.21. The lowest BCUT2D eigenvalue weighted by atomic mass is 10.0.